The van der Waals surface area contributed by atoms with Gasteiger partial charge >= 0.3 is 4.87 Å². The number of nitrogens with zero attached hydrogens (tertiary/aromatic N) is 1. The van der Waals surface area contributed by atoms with Gasteiger partial charge in [0.2, 0.25) is 0 Å². The maximum Gasteiger partial charge on any atom is 0.308 e. The molecule has 0 aliphatic heterocycles. The van der Waals surface area contributed by atoms with Crippen LogP contribution in [0, 0.1) is 6.92 Å². The smallest absolute Gasteiger partial charge is 0.294 e. The van der Waals surface area contributed by atoms with Crippen LogP contribution in [0.5, 0.6) is 0 Å². The summed E-state index contributed by atoms with van der Waals surface area (Å²) in [5, 5.41) is 0.580. The second-order valence-corrected chi connectivity index (χ2v) is 10.7. The number of aryl methyl sites for hydroxylation is 1. The molecular formula is C21H16BrClN2O3S2. The molecule has 1 aromatic heterocycles. The fourth-order valence-electron chi connectivity index (χ4n) is 3.08. The van der Waals surface area contributed by atoms with Crippen molar-refractivity contribution in [1.29, 1.82) is 0 Å². The summed E-state index contributed by atoms with van der Waals surface area (Å²) in [6, 6.07) is 17.2. The minimum absolute atomic E-state index is 0.0988. The molecule has 0 unspecified atom stereocenters. The van der Waals surface area contributed by atoms with Gasteiger partial charge in [-0.2, -0.15) is 0 Å². The lowest BCUT2D eigenvalue weighted by Crippen LogP contribution is -2.14. The zero-order valence-corrected chi connectivity index (χ0v) is 19.7. The summed E-state index contributed by atoms with van der Waals surface area (Å²) in [4.78, 5) is 12.5. The highest BCUT2D eigenvalue weighted by Crippen LogP contribution is 2.26. The molecule has 0 amide bonds. The number of hydrogen-bond donors (Lipinski definition) is 1. The van der Waals surface area contributed by atoms with Gasteiger partial charge in [-0.3, -0.25) is 14.1 Å². The van der Waals surface area contributed by atoms with Gasteiger partial charge in [-0.15, -0.1) is 0 Å². The van der Waals surface area contributed by atoms with Crippen molar-refractivity contribution in [2.45, 2.75) is 18.4 Å². The molecule has 0 aliphatic rings. The van der Waals surface area contributed by atoms with Crippen molar-refractivity contribution < 1.29 is 8.42 Å². The minimum Gasteiger partial charge on any atom is -0.294 e. The van der Waals surface area contributed by atoms with Crippen LogP contribution in [0.2, 0.25) is 5.02 Å². The monoisotopic (exact) mass is 522 g/mol. The molecule has 0 saturated heterocycles. The zero-order chi connectivity index (χ0) is 21.5. The van der Waals surface area contributed by atoms with Crippen molar-refractivity contribution >= 4 is 64.8 Å². The summed E-state index contributed by atoms with van der Waals surface area (Å²) in [7, 11) is -3.79. The molecule has 4 aromatic rings. The molecule has 9 heteroatoms. The van der Waals surface area contributed by atoms with E-state index >= 15 is 0 Å². The van der Waals surface area contributed by atoms with Crippen LogP contribution >= 0.6 is 38.9 Å². The van der Waals surface area contributed by atoms with E-state index in [4.69, 9.17) is 11.6 Å². The molecule has 1 N–H and O–H groups in total. The first-order chi connectivity index (χ1) is 14.2. The van der Waals surface area contributed by atoms with Crippen molar-refractivity contribution in [3.8, 4) is 0 Å². The standard InChI is InChI=1S/C21H16BrClN2O3S2/c1-13-10-15(6-8-17(13)22)24-30(27,28)16-7-9-19-20(11-16)29-21(26)25(19)12-14-4-2-3-5-18(14)23/h2-11,24H,12H2,1H3. The first-order valence-corrected chi connectivity index (χ1v) is 12.4. The quantitative estimate of drug-likeness (QED) is 0.368. The van der Waals surface area contributed by atoms with Gasteiger partial charge in [-0.1, -0.05) is 57.1 Å². The summed E-state index contributed by atoms with van der Waals surface area (Å²) in [5.74, 6) is 0. The van der Waals surface area contributed by atoms with Gasteiger partial charge in [0.25, 0.3) is 10.0 Å². The number of hydrogen-bond acceptors (Lipinski definition) is 4. The number of sulfonamides is 1. The molecule has 0 bridgehead atoms. The molecule has 0 aliphatic carbocycles. The summed E-state index contributed by atoms with van der Waals surface area (Å²) in [6.07, 6.45) is 0. The van der Waals surface area contributed by atoms with Gasteiger partial charge in [0.05, 0.1) is 21.7 Å². The van der Waals surface area contributed by atoms with Crippen molar-refractivity contribution in [3.63, 3.8) is 0 Å². The highest BCUT2D eigenvalue weighted by Gasteiger charge is 2.18. The molecule has 4 rings (SSSR count). The molecule has 30 heavy (non-hydrogen) atoms. The summed E-state index contributed by atoms with van der Waals surface area (Å²) in [5.41, 5.74) is 2.88. The number of thiazole rings is 1. The second kappa shape index (κ2) is 8.19. The van der Waals surface area contributed by atoms with Crippen LogP contribution in [0.1, 0.15) is 11.1 Å². The second-order valence-electron chi connectivity index (χ2n) is 6.74. The van der Waals surface area contributed by atoms with Crippen LogP contribution in [-0.2, 0) is 16.6 Å². The third-order valence-electron chi connectivity index (χ3n) is 4.65. The van der Waals surface area contributed by atoms with E-state index in [2.05, 4.69) is 20.7 Å². The van der Waals surface area contributed by atoms with E-state index in [1.54, 1.807) is 34.9 Å². The van der Waals surface area contributed by atoms with E-state index in [9.17, 15) is 13.2 Å². The molecule has 0 spiro atoms. The van der Waals surface area contributed by atoms with Crippen LogP contribution in [0.15, 0.2) is 74.8 Å². The maximum atomic E-state index is 12.8. The molecule has 0 atom stereocenters. The molecule has 0 fully saturated rings. The summed E-state index contributed by atoms with van der Waals surface area (Å²) >= 11 is 10.6. The Morgan fingerprint density at radius 3 is 2.60 bits per heavy atom. The molecule has 1 heterocycles. The Bertz CT molecular complexity index is 1430. The van der Waals surface area contributed by atoms with Gasteiger partial charge in [0.1, 0.15) is 0 Å². The van der Waals surface area contributed by atoms with Crippen molar-refractivity contribution in [1.82, 2.24) is 4.57 Å². The molecule has 5 nitrogen and oxygen atoms in total. The Kier molecular flexibility index (Phi) is 5.76. The lowest BCUT2D eigenvalue weighted by atomic mass is 10.2. The van der Waals surface area contributed by atoms with Gasteiger partial charge in [0.15, 0.2) is 0 Å². The lowest BCUT2D eigenvalue weighted by Gasteiger charge is -2.10. The highest BCUT2D eigenvalue weighted by atomic mass is 79.9. The van der Waals surface area contributed by atoms with Crippen LogP contribution < -0.4 is 9.60 Å². The molecule has 154 valence electrons. The fourth-order valence-corrected chi connectivity index (χ4v) is 5.60. The van der Waals surface area contributed by atoms with Crippen molar-refractivity contribution in [2.24, 2.45) is 0 Å². The summed E-state index contributed by atoms with van der Waals surface area (Å²) < 4.78 is 31.4. The highest BCUT2D eigenvalue weighted by molar-refractivity contribution is 9.10. The summed E-state index contributed by atoms with van der Waals surface area (Å²) in [6.45, 7) is 2.20. The van der Waals surface area contributed by atoms with E-state index < -0.39 is 10.0 Å². The van der Waals surface area contributed by atoms with Gasteiger partial charge in [0, 0.05) is 15.2 Å². The van der Waals surface area contributed by atoms with Gasteiger partial charge in [-0.25, -0.2) is 8.42 Å². The number of benzene rings is 3. The van der Waals surface area contributed by atoms with Crippen LogP contribution in [0.3, 0.4) is 0 Å². The predicted octanol–water partition coefficient (Wildman–Crippen LogP) is 5.64. The normalized spacial score (nSPS) is 11.7. The molecule has 3 aromatic carbocycles. The van der Waals surface area contributed by atoms with Crippen molar-refractivity contribution in [2.75, 3.05) is 4.72 Å². The van der Waals surface area contributed by atoms with E-state index in [1.807, 2.05) is 25.1 Å². The predicted molar refractivity (Wildman–Crippen MR) is 126 cm³/mol. The number of anilines is 1. The van der Waals surface area contributed by atoms with E-state index in [1.165, 1.54) is 12.1 Å². The average molecular weight is 524 g/mol. The average Bonchev–Trinajstić information content (AvgIpc) is 3.01. The molecular weight excluding hydrogens is 508 g/mol. The SMILES string of the molecule is Cc1cc(NS(=O)(=O)c2ccc3c(c2)sc(=O)n3Cc2ccccc2Cl)ccc1Br. The van der Waals surface area contributed by atoms with Gasteiger partial charge < -0.3 is 0 Å². The Morgan fingerprint density at radius 2 is 1.87 bits per heavy atom. The van der Waals surface area contributed by atoms with E-state index in [0.717, 1.165) is 26.9 Å². The lowest BCUT2D eigenvalue weighted by molar-refractivity contribution is 0.601. The van der Waals surface area contributed by atoms with E-state index in [-0.39, 0.29) is 9.77 Å². The number of halogens is 2. The third-order valence-corrected chi connectivity index (χ3v) is 8.23. The Hall–Kier alpha value is -2.13. The van der Waals surface area contributed by atoms with Crippen molar-refractivity contribution in [3.05, 3.63) is 91.0 Å². The number of nitrogens with one attached hydrogen (secondary N) is 1. The first kappa shape index (κ1) is 21.1. The molecule has 0 radical (unpaired) electrons. The molecule has 0 saturated carbocycles. The minimum atomic E-state index is -3.79. The maximum absolute atomic E-state index is 12.8. The Balaban J connectivity index is 1.69. The Labute approximate surface area is 191 Å². The number of rotatable bonds is 5. The Morgan fingerprint density at radius 1 is 1.10 bits per heavy atom. The van der Waals surface area contributed by atoms with Crippen LogP contribution in [0.4, 0.5) is 5.69 Å². The zero-order valence-electron chi connectivity index (χ0n) is 15.7. The number of aromatic nitrogens is 1. The number of fused-ring (bicyclic) bond motifs is 1. The fraction of sp³-hybridized carbons (Fsp3) is 0.0952. The van der Waals surface area contributed by atoms with Crippen LogP contribution in [0.25, 0.3) is 10.2 Å². The first-order valence-electron chi connectivity index (χ1n) is 8.90. The topological polar surface area (TPSA) is 68.2 Å². The van der Waals surface area contributed by atoms with Crippen LogP contribution in [-0.4, -0.2) is 13.0 Å². The largest absolute Gasteiger partial charge is 0.308 e. The van der Waals surface area contributed by atoms with E-state index in [0.29, 0.717) is 27.5 Å². The van der Waals surface area contributed by atoms with Gasteiger partial charge in [-0.05, 0) is 60.5 Å². The third kappa shape index (κ3) is 4.18.